The highest BCUT2D eigenvalue weighted by Crippen LogP contribution is 2.18. The van der Waals surface area contributed by atoms with Crippen LogP contribution in [0.5, 0.6) is 0 Å². The molecule has 2 rings (SSSR count). The Bertz CT molecular complexity index is 492. The number of hydrazine groups is 1. The Kier molecular flexibility index (Phi) is 2.26. The van der Waals surface area contributed by atoms with Crippen molar-refractivity contribution in [3.8, 4) is 0 Å². The van der Waals surface area contributed by atoms with Crippen molar-refractivity contribution in [2.24, 2.45) is 5.84 Å². The predicted octanol–water partition coefficient (Wildman–Crippen LogP) is 0.582. The minimum atomic E-state index is -0.367. The number of benzene rings is 1. The van der Waals surface area contributed by atoms with Gasteiger partial charge in [-0.25, -0.2) is 15.6 Å². The summed E-state index contributed by atoms with van der Waals surface area (Å²) in [5, 5.41) is 0. The molecular formula is C9H11N5O. The van der Waals surface area contributed by atoms with Crippen LogP contribution in [0.3, 0.4) is 0 Å². The summed E-state index contributed by atoms with van der Waals surface area (Å²) in [6, 6.07) is 5.10. The molecule has 0 radical (unpaired) electrons. The van der Waals surface area contributed by atoms with E-state index >= 15 is 0 Å². The smallest absolute Gasteiger partial charge is 0.335 e. The standard InChI is InChI=1S/C9H11N5O/c1-14(9(15)13-10)6-2-3-7-8(4-6)12-5-11-7/h2-5H,10H2,1H3,(H,11,12)(H,13,15). The normalized spacial score (nSPS) is 10.3. The molecule has 1 aromatic carbocycles. The molecular weight excluding hydrogens is 194 g/mol. The molecule has 78 valence electrons. The number of fused-ring (bicyclic) bond motifs is 1. The molecule has 6 heteroatoms. The molecule has 0 aliphatic rings. The molecule has 1 aromatic heterocycles. The summed E-state index contributed by atoms with van der Waals surface area (Å²) in [5.74, 6) is 5.04. The average Bonchev–Trinajstić information content (AvgIpc) is 2.73. The average molecular weight is 205 g/mol. The monoisotopic (exact) mass is 205 g/mol. The van der Waals surface area contributed by atoms with Crippen molar-refractivity contribution in [1.82, 2.24) is 15.4 Å². The zero-order chi connectivity index (χ0) is 10.8. The molecule has 0 bridgehead atoms. The number of hydrogen-bond donors (Lipinski definition) is 3. The molecule has 0 saturated carbocycles. The molecule has 1 heterocycles. The van der Waals surface area contributed by atoms with Gasteiger partial charge in [0.05, 0.1) is 17.4 Å². The Balaban J connectivity index is 2.39. The summed E-state index contributed by atoms with van der Waals surface area (Å²) in [6.07, 6.45) is 1.61. The zero-order valence-electron chi connectivity index (χ0n) is 8.19. The van der Waals surface area contributed by atoms with Gasteiger partial charge in [0.25, 0.3) is 0 Å². The SMILES string of the molecule is CN(C(=O)NN)c1ccc2nc[nH]c2c1. The highest BCUT2D eigenvalue weighted by Gasteiger charge is 2.09. The predicted molar refractivity (Wildman–Crippen MR) is 57.2 cm³/mol. The van der Waals surface area contributed by atoms with Crippen LogP contribution in [0, 0.1) is 0 Å². The largest absolute Gasteiger partial charge is 0.345 e. The number of H-pyrrole nitrogens is 1. The van der Waals surface area contributed by atoms with Crippen molar-refractivity contribution in [2.75, 3.05) is 11.9 Å². The van der Waals surface area contributed by atoms with Crippen molar-refractivity contribution < 1.29 is 4.79 Å². The van der Waals surface area contributed by atoms with Gasteiger partial charge < -0.3 is 4.98 Å². The second-order valence-corrected chi connectivity index (χ2v) is 3.11. The van der Waals surface area contributed by atoms with E-state index in [9.17, 15) is 4.79 Å². The lowest BCUT2D eigenvalue weighted by molar-refractivity contribution is 0.248. The van der Waals surface area contributed by atoms with E-state index in [0.717, 1.165) is 16.7 Å². The summed E-state index contributed by atoms with van der Waals surface area (Å²) < 4.78 is 0. The number of anilines is 1. The van der Waals surface area contributed by atoms with Crippen LogP contribution in [0.15, 0.2) is 24.5 Å². The minimum Gasteiger partial charge on any atom is -0.345 e. The lowest BCUT2D eigenvalue weighted by Gasteiger charge is -2.15. The van der Waals surface area contributed by atoms with Gasteiger partial charge in [-0.15, -0.1) is 0 Å². The number of amides is 2. The van der Waals surface area contributed by atoms with Crippen molar-refractivity contribution in [2.45, 2.75) is 0 Å². The fraction of sp³-hybridized carbons (Fsp3) is 0.111. The maximum atomic E-state index is 11.3. The number of carbonyl (C=O) groups excluding carboxylic acids is 1. The Morgan fingerprint density at radius 1 is 1.60 bits per heavy atom. The van der Waals surface area contributed by atoms with Crippen LogP contribution in [0.4, 0.5) is 10.5 Å². The van der Waals surface area contributed by atoms with Crippen LogP contribution in [-0.2, 0) is 0 Å². The lowest BCUT2D eigenvalue weighted by atomic mass is 10.2. The molecule has 0 aliphatic heterocycles. The van der Waals surface area contributed by atoms with Crippen molar-refractivity contribution in [1.29, 1.82) is 0 Å². The van der Waals surface area contributed by atoms with Gasteiger partial charge in [0.15, 0.2) is 0 Å². The van der Waals surface area contributed by atoms with Crippen LogP contribution in [-0.4, -0.2) is 23.0 Å². The third-order valence-electron chi connectivity index (χ3n) is 2.22. The molecule has 0 aliphatic carbocycles. The number of nitrogens with two attached hydrogens (primary N) is 1. The van der Waals surface area contributed by atoms with Gasteiger partial charge >= 0.3 is 6.03 Å². The van der Waals surface area contributed by atoms with Crippen molar-refractivity contribution in [3.05, 3.63) is 24.5 Å². The van der Waals surface area contributed by atoms with Gasteiger partial charge in [-0.2, -0.15) is 0 Å². The fourth-order valence-electron chi connectivity index (χ4n) is 1.35. The molecule has 0 saturated heterocycles. The summed E-state index contributed by atoms with van der Waals surface area (Å²) in [7, 11) is 1.64. The molecule has 2 aromatic rings. The second kappa shape index (κ2) is 3.58. The van der Waals surface area contributed by atoms with E-state index in [1.807, 2.05) is 12.1 Å². The molecule has 0 fully saturated rings. The quantitative estimate of drug-likeness (QED) is 0.361. The van der Waals surface area contributed by atoms with Gasteiger partial charge in [-0.1, -0.05) is 0 Å². The zero-order valence-corrected chi connectivity index (χ0v) is 8.19. The van der Waals surface area contributed by atoms with Gasteiger partial charge in [-0.3, -0.25) is 10.3 Å². The van der Waals surface area contributed by atoms with E-state index in [-0.39, 0.29) is 6.03 Å². The molecule has 4 N–H and O–H groups in total. The number of aromatic amines is 1. The van der Waals surface area contributed by atoms with Crippen LogP contribution < -0.4 is 16.2 Å². The van der Waals surface area contributed by atoms with Gasteiger partial charge in [0, 0.05) is 12.7 Å². The summed E-state index contributed by atoms with van der Waals surface area (Å²) in [4.78, 5) is 19.7. The Labute approximate surface area is 86.1 Å². The number of aromatic nitrogens is 2. The van der Waals surface area contributed by atoms with Gasteiger partial charge in [0.1, 0.15) is 0 Å². The molecule has 0 atom stereocenters. The molecule has 15 heavy (non-hydrogen) atoms. The Morgan fingerprint density at radius 2 is 2.40 bits per heavy atom. The molecule has 2 amide bonds. The highest BCUT2D eigenvalue weighted by atomic mass is 16.2. The topological polar surface area (TPSA) is 87.0 Å². The lowest BCUT2D eigenvalue weighted by Crippen LogP contribution is -2.41. The summed E-state index contributed by atoms with van der Waals surface area (Å²) in [5.41, 5.74) is 4.55. The number of rotatable bonds is 1. The number of hydrogen-bond acceptors (Lipinski definition) is 3. The maximum Gasteiger partial charge on any atom is 0.335 e. The Hall–Kier alpha value is -2.08. The summed E-state index contributed by atoms with van der Waals surface area (Å²) >= 11 is 0. The first-order valence-electron chi connectivity index (χ1n) is 4.40. The summed E-state index contributed by atoms with van der Waals surface area (Å²) in [6.45, 7) is 0. The van der Waals surface area contributed by atoms with E-state index in [4.69, 9.17) is 5.84 Å². The first-order chi connectivity index (χ1) is 7.22. The van der Waals surface area contributed by atoms with Crippen LogP contribution >= 0.6 is 0 Å². The second-order valence-electron chi connectivity index (χ2n) is 3.11. The Morgan fingerprint density at radius 3 is 3.13 bits per heavy atom. The maximum absolute atomic E-state index is 11.3. The van der Waals surface area contributed by atoms with Crippen LogP contribution in [0.25, 0.3) is 11.0 Å². The first kappa shape index (κ1) is 9.47. The third-order valence-corrected chi connectivity index (χ3v) is 2.22. The molecule has 0 spiro atoms. The minimum absolute atomic E-state index is 0.367. The fourth-order valence-corrected chi connectivity index (χ4v) is 1.35. The molecule has 6 nitrogen and oxygen atoms in total. The number of urea groups is 1. The van der Waals surface area contributed by atoms with Gasteiger partial charge in [-0.05, 0) is 18.2 Å². The highest BCUT2D eigenvalue weighted by molar-refractivity contribution is 5.93. The number of carbonyl (C=O) groups is 1. The van der Waals surface area contributed by atoms with E-state index in [2.05, 4.69) is 15.4 Å². The van der Waals surface area contributed by atoms with E-state index in [0.29, 0.717) is 0 Å². The number of nitrogens with zero attached hydrogens (tertiary/aromatic N) is 2. The van der Waals surface area contributed by atoms with E-state index in [1.165, 1.54) is 4.90 Å². The van der Waals surface area contributed by atoms with Crippen molar-refractivity contribution in [3.63, 3.8) is 0 Å². The first-order valence-corrected chi connectivity index (χ1v) is 4.40. The molecule has 0 unspecified atom stereocenters. The third kappa shape index (κ3) is 1.62. The van der Waals surface area contributed by atoms with E-state index < -0.39 is 0 Å². The van der Waals surface area contributed by atoms with Crippen molar-refractivity contribution >= 4 is 22.8 Å². The van der Waals surface area contributed by atoms with Crippen LogP contribution in [0.2, 0.25) is 0 Å². The number of nitrogens with one attached hydrogen (secondary N) is 2. The van der Waals surface area contributed by atoms with Crippen LogP contribution in [0.1, 0.15) is 0 Å². The van der Waals surface area contributed by atoms with E-state index in [1.54, 1.807) is 19.4 Å². The number of imidazole rings is 1. The van der Waals surface area contributed by atoms with Gasteiger partial charge in [0.2, 0.25) is 0 Å².